The van der Waals surface area contributed by atoms with E-state index in [1.165, 1.54) is 0 Å². The first kappa shape index (κ1) is 15.4. The van der Waals surface area contributed by atoms with Crippen molar-refractivity contribution in [1.29, 1.82) is 0 Å². The van der Waals surface area contributed by atoms with E-state index in [0.29, 0.717) is 13.0 Å². The number of nitrogens with two attached hydrogens (primary N) is 1. The summed E-state index contributed by atoms with van der Waals surface area (Å²) >= 11 is 0. The first-order valence-electron chi connectivity index (χ1n) is 7.16. The summed E-state index contributed by atoms with van der Waals surface area (Å²) in [5.74, 6) is 0.104. The Morgan fingerprint density at radius 1 is 1.45 bits per heavy atom. The molecule has 6 heteroatoms. The zero-order chi connectivity index (χ0) is 14.6. The number of hydrogen-bond acceptors (Lipinski definition) is 4. The highest BCUT2D eigenvalue weighted by Crippen LogP contribution is 2.22. The normalized spacial score (nSPS) is 22.6. The van der Waals surface area contributed by atoms with Crippen LogP contribution in [0.1, 0.15) is 31.9 Å². The second-order valence-electron chi connectivity index (χ2n) is 5.42. The van der Waals surface area contributed by atoms with Crippen LogP contribution in [0, 0.1) is 0 Å². The van der Waals surface area contributed by atoms with Crippen LogP contribution in [-0.4, -0.2) is 42.1 Å². The van der Waals surface area contributed by atoms with E-state index in [1.807, 2.05) is 25.1 Å². The Kier molecular flexibility index (Phi) is 5.12. The molecule has 0 aromatic carbocycles. The van der Waals surface area contributed by atoms with Gasteiger partial charge in [0.25, 0.3) is 0 Å². The summed E-state index contributed by atoms with van der Waals surface area (Å²) in [5.41, 5.74) is 6.75. The summed E-state index contributed by atoms with van der Waals surface area (Å²) < 4.78 is 26.6. The number of sulfonamides is 1. The van der Waals surface area contributed by atoms with Crippen molar-refractivity contribution >= 4 is 10.0 Å². The minimum Gasteiger partial charge on any atom is -0.326 e. The van der Waals surface area contributed by atoms with E-state index in [9.17, 15) is 8.42 Å². The van der Waals surface area contributed by atoms with Crippen LogP contribution in [0.3, 0.4) is 0 Å². The van der Waals surface area contributed by atoms with E-state index >= 15 is 0 Å². The second kappa shape index (κ2) is 6.65. The number of piperidine rings is 1. The van der Waals surface area contributed by atoms with Crippen molar-refractivity contribution in [2.24, 2.45) is 5.73 Å². The first-order valence-corrected chi connectivity index (χ1v) is 8.76. The maximum Gasteiger partial charge on any atom is 0.214 e. The molecule has 2 unspecified atom stereocenters. The Morgan fingerprint density at radius 2 is 2.25 bits per heavy atom. The molecule has 1 fully saturated rings. The predicted molar refractivity (Wildman–Crippen MR) is 79.7 cm³/mol. The average molecular weight is 297 g/mol. The second-order valence-corrected chi connectivity index (χ2v) is 7.46. The molecule has 2 rings (SSSR count). The van der Waals surface area contributed by atoms with Gasteiger partial charge in [0.1, 0.15) is 0 Å². The molecule has 1 aliphatic rings. The van der Waals surface area contributed by atoms with Gasteiger partial charge in [-0.05, 0) is 31.9 Å². The number of hydrogen-bond donors (Lipinski definition) is 1. The van der Waals surface area contributed by atoms with Crippen LogP contribution in [0.15, 0.2) is 24.4 Å². The highest BCUT2D eigenvalue weighted by Gasteiger charge is 2.33. The van der Waals surface area contributed by atoms with Gasteiger partial charge >= 0.3 is 0 Å². The van der Waals surface area contributed by atoms with Crippen molar-refractivity contribution < 1.29 is 8.42 Å². The Labute approximate surface area is 121 Å². The molecule has 1 aromatic heterocycles. The van der Waals surface area contributed by atoms with Crippen LogP contribution >= 0.6 is 0 Å². The third kappa shape index (κ3) is 3.77. The fraction of sp³-hybridized carbons (Fsp3) is 0.643. The largest absolute Gasteiger partial charge is 0.326 e. The molecule has 0 bridgehead atoms. The summed E-state index contributed by atoms with van der Waals surface area (Å²) in [6, 6.07) is 5.38. The Morgan fingerprint density at radius 3 is 2.90 bits per heavy atom. The Bertz CT molecular complexity index is 516. The molecule has 1 saturated heterocycles. The average Bonchev–Trinajstić information content (AvgIpc) is 2.46. The molecule has 0 saturated carbocycles. The van der Waals surface area contributed by atoms with E-state index in [4.69, 9.17) is 5.73 Å². The monoisotopic (exact) mass is 297 g/mol. The van der Waals surface area contributed by atoms with Crippen LogP contribution in [0.5, 0.6) is 0 Å². The molecule has 0 radical (unpaired) electrons. The first-order chi connectivity index (χ1) is 9.50. The maximum absolute atomic E-state index is 12.5. The summed E-state index contributed by atoms with van der Waals surface area (Å²) in [6.45, 7) is 2.48. The molecule has 2 N–H and O–H groups in total. The lowest BCUT2D eigenvalue weighted by Gasteiger charge is -2.36. The Hall–Kier alpha value is -0.980. The van der Waals surface area contributed by atoms with Crippen LogP contribution in [0.2, 0.25) is 0 Å². The number of aromatic nitrogens is 1. The van der Waals surface area contributed by atoms with Crippen molar-refractivity contribution in [1.82, 2.24) is 9.29 Å². The van der Waals surface area contributed by atoms with Gasteiger partial charge in [0.05, 0.1) is 5.75 Å². The lowest BCUT2D eigenvalue weighted by Crippen LogP contribution is -2.52. The summed E-state index contributed by atoms with van der Waals surface area (Å²) in [4.78, 5) is 4.17. The molecule has 2 heterocycles. The molecule has 1 aromatic rings. The van der Waals surface area contributed by atoms with E-state index in [0.717, 1.165) is 25.0 Å². The molecule has 112 valence electrons. The smallest absolute Gasteiger partial charge is 0.214 e. The molecule has 0 amide bonds. The zero-order valence-corrected chi connectivity index (χ0v) is 12.7. The van der Waals surface area contributed by atoms with E-state index in [-0.39, 0.29) is 17.8 Å². The van der Waals surface area contributed by atoms with Gasteiger partial charge < -0.3 is 5.73 Å². The molecular weight excluding hydrogens is 274 g/mol. The fourth-order valence-corrected chi connectivity index (χ4v) is 4.52. The Balaban J connectivity index is 2.05. The summed E-state index contributed by atoms with van der Waals surface area (Å²) in [6.07, 6.45) is 4.98. The van der Waals surface area contributed by atoms with E-state index in [2.05, 4.69) is 4.98 Å². The van der Waals surface area contributed by atoms with Gasteiger partial charge in [-0.2, -0.15) is 4.31 Å². The van der Waals surface area contributed by atoms with Gasteiger partial charge in [0.15, 0.2) is 0 Å². The fourth-order valence-electron chi connectivity index (χ4n) is 2.70. The van der Waals surface area contributed by atoms with Gasteiger partial charge in [0.2, 0.25) is 10.0 Å². The minimum absolute atomic E-state index is 0.0579. The predicted octanol–water partition coefficient (Wildman–Crippen LogP) is 1.16. The highest BCUT2D eigenvalue weighted by molar-refractivity contribution is 7.89. The topological polar surface area (TPSA) is 76.3 Å². The zero-order valence-electron chi connectivity index (χ0n) is 11.9. The summed E-state index contributed by atoms with van der Waals surface area (Å²) in [5, 5.41) is 0. The number of rotatable bonds is 5. The van der Waals surface area contributed by atoms with Gasteiger partial charge in [0, 0.05) is 36.9 Å². The molecule has 5 nitrogen and oxygen atoms in total. The van der Waals surface area contributed by atoms with Crippen molar-refractivity contribution in [2.75, 3.05) is 12.3 Å². The van der Waals surface area contributed by atoms with Crippen molar-refractivity contribution in [3.8, 4) is 0 Å². The van der Waals surface area contributed by atoms with E-state index < -0.39 is 10.0 Å². The van der Waals surface area contributed by atoms with E-state index in [1.54, 1.807) is 10.5 Å². The quantitative estimate of drug-likeness (QED) is 0.884. The number of aryl methyl sites for hydroxylation is 1. The standard InChI is InChI=1S/C14H23N3O2S/c1-12(15)14-7-3-5-10-17(14)20(18,19)11-8-13-6-2-4-9-16-13/h2,4,6,9,12,14H,3,5,7-8,10-11,15H2,1H3. The number of pyridine rings is 1. The molecule has 0 aliphatic carbocycles. The van der Waals surface area contributed by atoms with Crippen molar-refractivity contribution in [2.45, 2.75) is 44.7 Å². The molecule has 0 spiro atoms. The molecular formula is C14H23N3O2S. The van der Waals surface area contributed by atoms with Gasteiger partial charge in [-0.15, -0.1) is 0 Å². The highest BCUT2D eigenvalue weighted by atomic mass is 32.2. The van der Waals surface area contributed by atoms with Crippen LogP contribution < -0.4 is 5.73 Å². The minimum atomic E-state index is -3.26. The molecule has 2 atom stereocenters. The van der Waals surface area contributed by atoms with Crippen molar-refractivity contribution in [3.63, 3.8) is 0 Å². The SMILES string of the molecule is CC(N)C1CCCCN1S(=O)(=O)CCc1ccccn1. The summed E-state index contributed by atoms with van der Waals surface area (Å²) in [7, 11) is -3.26. The third-order valence-electron chi connectivity index (χ3n) is 3.80. The molecule has 20 heavy (non-hydrogen) atoms. The van der Waals surface area contributed by atoms with Gasteiger partial charge in [-0.25, -0.2) is 8.42 Å². The van der Waals surface area contributed by atoms with Crippen LogP contribution in [-0.2, 0) is 16.4 Å². The number of nitrogens with zero attached hydrogens (tertiary/aromatic N) is 2. The molecule has 1 aliphatic heterocycles. The lowest BCUT2D eigenvalue weighted by atomic mass is 10.00. The maximum atomic E-state index is 12.5. The van der Waals surface area contributed by atoms with Crippen molar-refractivity contribution in [3.05, 3.63) is 30.1 Å². The third-order valence-corrected chi connectivity index (χ3v) is 5.69. The van der Waals surface area contributed by atoms with Gasteiger partial charge in [-0.1, -0.05) is 12.5 Å². The lowest BCUT2D eigenvalue weighted by molar-refractivity contribution is 0.227. The van der Waals surface area contributed by atoms with Gasteiger partial charge in [-0.3, -0.25) is 4.98 Å². The van der Waals surface area contributed by atoms with Crippen LogP contribution in [0.25, 0.3) is 0 Å². The van der Waals surface area contributed by atoms with Crippen LogP contribution in [0.4, 0.5) is 0 Å².